The van der Waals surface area contributed by atoms with Crippen LogP contribution in [-0.4, -0.2) is 29.3 Å². The smallest absolute Gasteiger partial charge is 0.322 e. The van der Waals surface area contributed by atoms with E-state index in [1.54, 1.807) is 36.4 Å². The minimum Gasteiger partial charge on any atom is -0.468 e. The summed E-state index contributed by atoms with van der Waals surface area (Å²) in [5.41, 5.74) is 7.41. The Balaban J connectivity index is 0.00000320. The maximum atomic E-state index is 11.8. The lowest BCUT2D eigenvalue weighted by molar-refractivity contribution is -0.142. The van der Waals surface area contributed by atoms with Crippen LogP contribution in [0.1, 0.15) is 11.1 Å². The number of benzene rings is 2. The highest BCUT2D eigenvalue weighted by molar-refractivity contribution is 8.26. The molecule has 0 saturated carbocycles. The van der Waals surface area contributed by atoms with Crippen LogP contribution in [-0.2, 0) is 20.7 Å². The van der Waals surface area contributed by atoms with Crippen LogP contribution in [0.4, 0.5) is 0 Å². The number of halogens is 2. The van der Waals surface area contributed by atoms with Crippen molar-refractivity contribution >= 4 is 70.3 Å². The van der Waals surface area contributed by atoms with Gasteiger partial charge < -0.3 is 20.5 Å². The van der Waals surface area contributed by atoms with Crippen molar-refractivity contribution in [2.24, 2.45) is 5.73 Å². The largest absolute Gasteiger partial charge is 0.468 e. The van der Waals surface area contributed by atoms with E-state index in [-0.39, 0.29) is 18.3 Å². The van der Waals surface area contributed by atoms with E-state index in [9.17, 15) is 9.59 Å². The van der Waals surface area contributed by atoms with Gasteiger partial charge in [0.1, 0.15) is 21.9 Å². The van der Waals surface area contributed by atoms with E-state index in [4.69, 9.17) is 34.3 Å². The second-order valence-corrected chi connectivity index (χ2v) is 8.25. The fourth-order valence-electron chi connectivity index (χ4n) is 2.57. The number of methoxy groups -OCH3 is 1. The molecule has 1 aliphatic heterocycles. The molecule has 1 amide bonds. The minimum absolute atomic E-state index is 0. The first-order valence-corrected chi connectivity index (χ1v) is 10.1. The van der Waals surface area contributed by atoms with Gasteiger partial charge in [-0.2, -0.15) is 0 Å². The fraction of sp³-hybridized carbons (Fsp3) is 0.150. The van der Waals surface area contributed by atoms with Crippen molar-refractivity contribution in [2.45, 2.75) is 12.5 Å². The predicted octanol–water partition coefficient (Wildman–Crippen LogP) is 4.09. The average molecular weight is 485 g/mol. The first kappa shape index (κ1) is 24.2. The Labute approximate surface area is 194 Å². The number of carbonyl (C=O) groups is 2. The van der Waals surface area contributed by atoms with Crippen molar-refractivity contribution in [1.29, 1.82) is 0 Å². The number of hydrogen-bond acceptors (Lipinski definition) is 7. The number of carbonyl (C=O) groups excluding carboxylic acids is 2. The molecule has 1 atom stereocenters. The summed E-state index contributed by atoms with van der Waals surface area (Å²) in [6, 6.07) is 11.7. The quantitative estimate of drug-likeness (QED) is 0.362. The third kappa shape index (κ3) is 6.20. The number of thiocarbonyl (C=S) groups is 1. The normalized spacial score (nSPS) is 15.4. The standard InChI is InChI=1S/C20H17ClN2O4S2.ClH/c1-26-19(25)15(22)9-11-2-5-13(6-3-11)27-16-7-4-12(8-14(16)21)10-17-18(24)23-20(28)29-17;/h2-8,10,15H,9,22H2,1H3,(H,23,24,28);1H/b17-10+;/t15-;/m0./s1. The van der Waals surface area contributed by atoms with E-state index in [0.29, 0.717) is 32.2 Å². The molecule has 30 heavy (non-hydrogen) atoms. The van der Waals surface area contributed by atoms with Crippen LogP contribution in [0.25, 0.3) is 6.08 Å². The van der Waals surface area contributed by atoms with Gasteiger partial charge in [0, 0.05) is 0 Å². The summed E-state index contributed by atoms with van der Waals surface area (Å²) in [5, 5.41) is 2.97. The van der Waals surface area contributed by atoms with E-state index in [1.165, 1.54) is 18.9 Å². The average Bonchev–Trinajstić information content (AvgIpc) is 3.01. The van der Waals surface area contributed by atoms with Crippen molar-refractivity contribution in [1.82, 2.24) is 5.32 Å². The number of hydrogen-bond donors (Lipinski definition) is 2. The molecule has 0 aliphatic carbocycles. The van der Waals surface area contributed by atoms with Crippen molar-refractivity contribution in [2.75, 3.05) is 7.11 Å². The molecule has 6 nitrogen and oxygen atoms in total. The molecule has 0 unspecified atom stereocenters. The van der Waals surface area contributed by atoms with E-state index in [1.807, 2.05) is 12.1 Å². The van der Waals surface area contributed by atoms with Crippen molar-refractivity contribution in [3.05, 3.63) is 63.5 Å². The second kappa shape index (κ2) is 10.8. The van der Waals surface area contributed by atoms with Gasteiger partial charge >= 0.3 is 5.97 Å². The molecule has 0 spiro atoms. The van der Waals surface area contributed by atoms with Gasteiger partial charge in [0.25, 0.3) is 5.91 Å². The molecule has 158 valence electrons. The molecule has 1 saturated heterocycles. The van der Waals surface area contributed by atoms with E-state index < -0.39 is 12.0 Å². The highest BCUT2D eigenvalue weighted by Crippen LogP contribution is 2.32. The Hall–Kier alpha value is -2.10. The van der Waals surface area contributed by atoms with E-state index >= 15 is 0 Å². The maximum absolute atomic E-state index is 11.8. The van der Waals surface area contributed by atoms with E-state index in [0.717, 1.165) is 11.1 Å². The Morgan fingerprint density at radius 1 is 1.30 bits per heavy atom. The van der Waals surface area contributed by atoms with Crippen molar-refractivity contribution < 1.29 is 19.1 Å². The maximum Gasteiger partial charge on any atom is 0.322 e. The van der Waals surface area contributed by atoms with Gasteiger partial charge in [-0.15, -0.1) is 12.4 Å². The van der Waals surface area contributed by atoms with Crippen LogP contribution in [0.15, 0.2) is 47.4 Å². The lowest BCUT2D eigenvalue weighted by atomic mass is 10.1. The zero-order valence-corrected chi connectivity index (χ0v) is 18.9. The zero-order chi connectivity index (χ0) is 21.0. The number of esters is 1. The number of ether oxygens (including phenoxy) is 2. The van der Waals surface area contributed by atoms with Crippen LogP contribution in [0, 0.1) is 0 Å². The molecule has 0 radical (unpaired) electrons. The predicted molar refractivity (Wildman–Crippen MR) is 125 cm³/mol. The van der Waals surface area contributed by atoms with Crippen LogP contribution in [0.3, 0.4) is 0 Å². The van der Waals surface area contributed by atoms with Gasteiger partial charge in [-0.3, -0.25) is 9.59 Å². The zero-order valence-electron chi connectivity index (χ0n) is 15.7. The lowest BCUT2D eigenvalue weighted by Crippen LogP contribution is -2.33. The lowest BCUT2D eigenvalue weighted by Gasteiger charge is -2.11. The molecule has 1 aliphatic rings. The number of nitrogens with one attached hydrogen (secondary N) is 1. The molecule has 3 N–H and O–H groups in total. The number of amides is 1. The SMILES string of the molecule is COC(=O)[C@@H](N)Cc1ccc(Oc2ccc(/C=C3/SC(=S)NC3=O)cc2Cl)cc1.Cl. The fourth-order valence-corrected chi connectivity index (χ4v) is 3.84. The molecule has 1 heterocycles. The molecule has 0 aromatic heterocycles. The van der Waals surface area contributed by atoms with Crippen LogP contribution >= 0.6 is 48.0 Å². The summed E-state index contributed by atoms with van der Waals surface area (Å²) in [5.74, 6) is 0.391. The summed E-state index contributed by atoms with van der Waals surface area (Å²) < 4.78 is 10.9. The Kier molecular flexibility index (Phi) is 8.69. The van der Waals surface area contributed by atoms with Crippen molar-refractivity contribution in [3.63, 3.8) is 0 Å². The summed E-state index contributed by atoms with van der Waals surface area (Å²) in [6.07, 6.45) is 2.08. The minimum atomic E-state index is -0.711. The highest BCUT2D eigenvalue weighted by atomic mass is 35.5. The Morgan fingerprint density at radius 2 is 2.00 bits per heavy atom. The highest BCUT2D eigenvalue weighted by Gasteiger charge is 2.22. The van der Waals surface area contributed by atoms with E-state index in [2.05, 4.69) is 10.1 Å². The van der Waals surface area contributed by atoms with Crippen LogP contribution in [0.2, 0.25) is 5.02 Å². The van der Waals surface area contributed by atoms with Crippen molar-refractivity contribution in [3.8, 4) is 11.5 Å². The summed E-state index contributed by atoms with van der Waals surface area (Å²) in [4.78, 5) is 23.7. The van der Waals surface area contributed by atoms with Gasteiger partial charge in [0.15, 0.2) is 0 Å². The van der Waals surface area contributed by atoms with Gasteiger partial charge in [0.05, 0.1) is 17.0 Å². The van der Waals surface area contributed by atoms with Gasteiger partial charge in [-0.25, -0.2) is 0 Å². The second-order valence-electron chi connectivity index (χ2n) is 6.12. The monoisotopic (exact) mass is 484 g/mol. The molecule has 3 rings (SSSR count). The molecule has 2 aromatic carbocycles. The molecular formula is C20H18Cl2N2O4S2. The molecule has 0 bridgehead atoms. The molecule has 10 heteroatoms. The first-order valence-electron chi connectivity index (χ1n) is 8.50. The summed E-state index contributed by atoms with van der Waals surface area (Å²) in [7, 11) is 1.31. The molecular weight excluding hydrogens is 467 g/mol. The first-order chi connectivity index (χ1) is 13.9. The number of nitrogens with two attached hydrogens (primary N) is 1. The Bertz CT molecular complexity index is 997. The molecule has 1 fully saturated rings. The summed E-state index contributed by atoms with van der Waals surface area (Å²) in [6.45, 7) is 0. The third-order valence-corrected chi connectivity index (χ3v) is 5.46. The number of rotatable bonds is 6. The third-order valence-electron chi connectivity index (χ3n) is 4.01. The van der Waals surface area contributed by atoms with Gasteiger partial charge in [-0.1, -0.05) is 53.8 Å². The van der Waals surface area contributed by atoms with Gasteiger partial charge in [-0.05, 0) is 47.9 Å². The van der Waals surface area contributed by atoms with Crippen LogP contribution in [0.5, 0.6) is 11.5 Å². The summed E-state index contributed by atoms with van der Waals surface area (Å²) >= 11 is 12.5. The van der Waals surface area contributed by atoms with Crippen LogP contribution < -0.4 is 15.8 Å². The molecule has 2 aromatic rings. The topological polar surface area (TPSA) is 90.7 Å². The Morgan fingerprint density at radius 3 is 2.57 bits per heavy atom. The number of thioether (sulfide) groups is 1. The van der Waals surface area contributed by atoms with Gasteiger partial charge in [0.2, 0.25) is 0 Å².